The summed E-state index contributed by atoms with van der Waals surface area (Å²) < 4.78 is 9.51. The van der Waals surface area contributed by atoms with Crippen molar-refractivity contribution in [3.63, 3.8) is 0 Å². The van der Waals surface area contributed by atoms with Crippen molar-refractivity contribution >= 4 is 17.8 Å². The van der Waals surface area contributed by atoms with E-state index in [0.717, 1.165) is 22.3 Å². The Balaban J connectivity index is 1.93. The topological polar surface area (TPSA) is 81.7 Å². The highest BCUT2D eigenvalue weighted by Crippen LogP contribution is 2.46. The third kappa shape index (κ3) is 3.69. The zero-order chi connectivity index (χ0) is 19.4. The molecule has 1 atom stereocenters. The number of fused-ring (bicyclic) bond motifs is 3. The third-order valence-corrected chi connectivity index (χ3v) is 4.77. The van der Waals surface area contributed by atoms with Gasteiger partial charge in [-0.25, -0.2) is 4.79 Å². The molecule has 6 nitrogen and oxygen atoms in total. The van der Waals surface area contributed by atoms with Gasteiger partial charge in [0.05, 0.1) is 20.6 Å². The molecular formula is C21H21NO5. The molecule has 0 aliphatic heterocycles. The van der Waals surface area contributed by atoms with E-state index in [1.165, 1.54) is 14.2 Å². The van der Waals surface area contributed by atoms with Gasteiger partial charge in [-0.15, -0.1) is 0 Å². The maximum atomic E-state index is 12.5. The average Bonchev–Trinajstić information content (AvgIpc) is 3.04. The van der Waals surface area contributed by atoms with E-state index < -0.39 is 23.9 Å². The van der Waals surface area contributed by atoms with Crippen molar-refractivity contribution in [2.24, 2.45) is 0 Å². The van der Waals surface area contributed by atoms with Crippen LogP contribution in [0, 0.1) is 0 Å². The van der Waals surface area contributed by atoms with Crippen molar-refractivity contribution in [3.8, 4) is 11.1 Å². The Kier molecular flexibility index (Phi) is 5.54. The van der Waals surface area contributed by atoms with E-state index in [-0.39, 0.29) is 18.8 Å². The summed E-state index contributed by atoms with van der Waals surface area (Å²) in [7, 11) is 2.56. The van der Waals surface area contributed by atoms with Gasteiger partial charge in [-0.3, -0.25) is 9.59 Å². The van der Waals surface area contributed by atoms with Crippen LogP contribution < -0.4 is 5.32 Å². The first-order valence-corrected chi connectivity index (χ1v) is 8.69. The first-order chi connectivity index (χ1) is 13.1. The Morgan fingerprint density at radius 1 is 0.889 bits per heavy atom. The van der Waals surface area contributed by atoms with Crippen LogP contribution in [0.4, 0.5) is 0 Å². The first kappa shape index (κ1) is 18.6. The molecule has 2 aromatic carbocycles. The van der Waals surface area contributed by atoms with Crippen LogP contribution in [0.3, 0.4) is 0 Å². The lowest BCUT2D eigenvalue weighted by Gasteiger charge is -2.24. The van der Waals surface area contributed by atoms with Gasteiger partial charge < -0.3 is 14.8 Å². The Hall–Kier alpha value is -3.15. The fraction of sp³-hybridized carbons (Fsp3) is 0.286. The van der Waals surface area contributed by atoms with Crippen LogP contribution in [0.1, 0.15) is 29.9 Å². The molecule has 0 saturated carbocycles. The molecule has 0 fully saturated rings. The number of hydrogen-bond donors (Lipinski definition) is 1. The molecule has 6 heteroatoms. The van der Waals surface area contributed by atoms with Gasteiger partial charge in [0, 0.05) is 12.3 Å². The third-order valence-electron chi connectivity index (χ3n) is 4.77. The number of esters is 2. The van der Waals surface area contributed by atoms with E-state index in [9.17, 15) is 14.4 Å². The fourth-order valence-electron chi connectivity index (χ4n) is 3.52. The zero-order valence-corrected chi connectivity index (χ0v) is 15.2. The lowest BCUT2D eigenvalue weighted by molar-refractivity contribution is -0.145. The minimum Gasteiger partial charge on any atom is -0.469 e. The fourth-order valence-corrected chi connectivity index (χ4v) is 3.52. The molecule has 1 amide bonds. The van der Waals surface area contributed by atoms with Crippen molar-refractivity contribution in [3.05, 3.63) is 59.7 Å². The number of ether oxygens (including phenoxy) is 2. The number of benzene rings is 2. The van der Waals surface area contributed by atoms with Crippen molar-refractivity contribution < 1.29 is 23.9 Å². The summed E-state index contributed by atoms with van der Waals surface area (Å²) in [5, 5.41) is 2.75. The molecule has 1 aliphatic carbocycles. The minimum atomic E-state index is -0.884. The predicted octanol–water partition coefficient (Wildman–Crippen LogP) is 2.41. The molecule has 1 aliphatic rings. The minimum absolute atomic E-state index is 0.0476. The SMILES string of the molecule is COC(=O)CCC(=O)N[C@@H](C(=O)OC)C1c2ccccc2-c2ccccc21. The van der Waals surface area contributed by atoms with Crippen molar-refractivity contribution in [2.75, 3.05) is 14.2 Å². The number of hydrogen-bond acceptors (Lipinski definition) is 5. The smallest absolute Gasteiger partial charge is 0.329 e. The van der Waals surface area contributed by atoms with E-state index in [1.54, 1.807) is 0 Å². The van der Waals surface area contributed by atoms with Crippen LogP contribution in [0.15, 0.2) is 48.5 Å². The summed E-state index contributed by atoms with van der Waals surface area (Å²) in [6, 6.07) is 14.7. The van der Waals surface area contributed by atoms with E-state index in [0.29, 0.717) is 0 Å². The quantitative estimate of drug-likeness (QED) is 0.793. The van der Waals surface area contributed by atoms with Crippen LogP contribution in [0.25, 0.3) is 11.1 Å². The highest BCUT2D eigenvalue weighted by molar-refractivity contribution is 5.90. The molecule has 0 unspecified atom stereocenters. The molecule has 2 aromatic rings. The van der Waals surface area contributed by atoms with Gasteiger partial charge in [0.2, 0.25) is 5.91 Å². The van der Waals surface area contributed by atoms with Crippen LogP contribution in [0.5, 0.6) is 0 Å². The lowest BCUT2D eigenvalue weighted by atomic mass is 9.89. The molecule has 0 aromatic heterocycles. The molecule has 0 bridgehead atoms. The first-order valence-electron chi connectivity index (χ1n) is 8.69. The molecule has 27 heavy (non-hydrogen) atoms. The molecule has 0 spiro atoms. The molecule has 0 radical (unpaired) electrons. The van der Waals surface area contributed by atoms with E-state index >= 15 is 0 Å². The summed E-state index contributed by atoms with van der Waals surface area (Å²) in [6.45, 7) is 0. The summed E-state index contributed by atoms with van der Waals surface area (Å²) >= 11 is 0. The van der Waals surface area contributed by atoms with Gasteiger partial charge in [0.25, 0.3) is 0 Å². The second-order valence-electron chi connectivity index (χ2n) is 6.30. The molecule has 3 rings (SSSR count). The van der Waals surface area contributed by atoms with Gasteiger partial charge >= 0.3 is 11.9 Å². The highest BCUT2D eigenvalue weighted by atomic mass is 16.5. The second kappa shape index (κ2) is 8.03. The van der Waals surface area contributed by atoms with E-state index in [2.05, 4.69) is 10.1 Å². The number of nitrogens with one attached hydrogen (secondary N) is 1. The van der Waals surface area contributed by atoms with Crippen molar-refractivity contribution in [1.29, 1.82) is 0 Å². The lowest BCUT2D eigenvalue weighted by Crippen LogP contribution is -2.45. The monoisotopic (exact) mass is 367 g/mol. The largest absolute Gasteiger partial charge is 0.469 e. The summed E-state index contributed by atoms with van der Waals surface area (Å²) in [4.78, 5) is 36.1. The maximum Gasteiger partial charge on any atom is 0.329 e. The maximum absolute atomic E-state index is 12.5. The standard InChI is InChI=1S/C21H21NO5/c1-26-18(24)12-11-17(23)22-20(21(25)27-2)19-15-9-5-3-7-13(15)14-8-4-6-10-16(14)19/h3-10,19-20H,11-12H2,1-2H3,(H,22,23)/t20-/m1/s1. The Bertz CT molecular complexity index is 831. The molecule has 0 heterocycles. The Morgan fingerprint density at radius 2 is 1.44 bits per heavy atom. The normalized spacial score (nSPS) is 13.3. The molecule has 140 valence electrons. The summed E-state index contributed by atoms with van der Waals surface area (Å²) in [6.07, 6.45) is -0.107. The number of amides is 1. The van der Waals surface area contributed by atoms with Crippen LogP contribution in [0.2, 0.25) is 0 Å². The van der Waals surface area contributed by atoms with E-state index in [1.807, 2.05) is 48.5 Å². The number of carbonyl (C=O) groups is 3. The van der Waals surface area contributed by atoms with E-state index in [4.69, 9.17) is 4.74 Å². The van der Waals surface area contributed by atoms with Gasteiger partial charge in [-0.1, -0.05) is 48.5 Å². The number of rotatable bonds is 6. The summed E-state index contributed by atoms with van der Waals surface area (Å²) in [5.74, 6) is -1.76. The number of carbonyl (C=O) groups excluding carboxylic acids is 3. The second-order valence-corrected chi connectivity index (χ2v) is 6.30. The highest BCUT2D eigenvalue weighted by Gasteiger charge is 2.39. The molecule has 1 N–H and O–H groups in total. The zero-order valence-electron chi connectivity index (χ0n) is 15.2. The average molecular weight is 367 g/mol. The van der Waals surface area contributed by atoms with Gasteiger partial charge in [-0.05, 0) is 22.3 Å². The van der Waals surface area contributed by atoms with Crippen molar-refractivity contribution in [1.82, 2.24) is 5.32 Å². The van der Waals surface area contributed by atoms with Crippen molar-refractivity contribution in [2.45, 2.75) is 24.8 Å². The van der Waals surface area contributed by atoms with Gasteiger partial charge in [-0.2, -0.15) is 0 Å². The van der Waals surface area contributed by atoms with Crippen LogP contribution in [-0.2, 0) is 23.9 Å². The van der Waals surface area contributed by atoms with Crippen LogP contribution in [-0.4, -0.2) is 38.1 Å². The summed E-state index contributed by atoms with van der Waals surface area (Å²) in [5.41, 5.74) is 4.00. The predicted molar refractivity (Wildman–Crippen MR) is 98.9 cm³/mol. The number of methoxy groups -OCH3 is 2. The molecule has 0 saturated heterocycles. The van der Waals surface area contributed by atoms with Gasteiger partial charge in [0.1, 0.15) is 6.04 Å². The van der Waals surface area contributed by atoms with Crippen LogP contribution >= 0.6 is 0 Å². The Morgan fingerprint density at radius 3 is 1.96 bits per heavy atom. The Labute approximate surface area is 157 Å². The van der Waals surface area contributed by atoms with Gasteiger partial charge in [0.15, 0.2) is 0 Å². The molecular weight excluding hydrogens is 346 g/mol.